The molecule has 4 aromatic heterocycles. The van der Waals surface area contributed by atoms with Gasteiger partial charge in [0.15, 0.2) is 0 Å². The fourth-order valence-corrected chi connectivity index (χ4v) is 13.2. The van der Waals surface area contributed by atoms with Gasteiger partial charge >= 0.3 is 0 Å². The number of para-hydroxylation sites is 1. The summed E-state index contributed by atoms with van der Waals surface area (Å²) in [6, 6.07) is 50.6. The molecule has 3 nitrogen and oxygen atoms in total. The van der Waals surface area contributed by atoms with Gasteiger partial charge < -0.3 is 14.3 Å². The van der Waals surface area contributed by atoms with Crippen molar-refractivity contribution in [3.8, 4) is 16.8 Å². The third-order valence-electron chi connectivity index (χ3n) is 14.2. The maximum absolute atomic E-state index is 6.62. The molecule has 13 rings (SSSR count). The van der Waals surface area contributed by atoms with Gasteiger partial charge in [0.1, 0.15) is 11.2 Å². The number of rotatable bonds is 3. The largest absolute Gasteiger partial charge is 0.456 e. The van der Waals surface area contributed by atoms with E-state index in [4.69, 9.17) is 4.42 Å². The SMILES string of the molecule is CB1c2cc3c(cc2-n2c4cc5oc6ccccc6c5cc4c4c(C)cc(-c5cc6c(cc5Nc5ccc(C(C)(C)C)cc5)sc5cc(C(C)(C)C)ccc56)c1c42)sc1ccccc13. The Morgan fingerprint density at radius 1 is 0.547 bits per heavy atom. The molecule has 310 valence electrons. The lowest BCUT2D eigenvalue weighted by atomic mass is 9.39. The van der Waals surface area contributed by atoms with E-state index >= 15 is 0 Å². The van der Waals surface area contributed by atoms with E-state index in [1.54, 1.807) is 0 Å². The van der Waals surface area contributed by atoms with Crippen LogP contribution in [-0.2, 0) is 10.8 Å². The van der Waals surface area contributed by atoms with Crippen LogP contribution in [0.5, 0.6) is 0 Å². The van der Waals surface area contributed by atoms with Crippen LogP contribution in [0.4, 0.5) is 11.4 Å². The van der Waals surface area contributed by atoms with Crippen molar-refractivity contribution in [2.24, 2.45) is 0 Å². The minimum absolute atomic E-state index is 0.0679. The number of aryl methyl sites for hydroxylation is 1. The molecule has 0 spiro atoms. The topological polar surface area (TPSA) is 30.1 Å². The zero-order valence-corrected chi connectivity index (χ0v) is 39.1. The summed E-state index contributed by atoms with van der Waals surface area (Å²) >= 11 is 3.80. The summed E-state index contributed by atoms with van der Waals surface area (Å²) in [4.78, 5) is 0. The van der Waals surface area contributed by atoms with Gasteiger partial charge in [0.05, 0.1) is 5.52 Å². The lowest BCUT2D eigenvalue weighted by Crippen LogP contribution is -2.46. The zero-order valence-electron chi connectivity index (χ0n) is 37.5. The molecule has 0 atom stereocenters. The predicted octanol–water partition coefficient (Wildman–Crippen LogP) is 16.3. The fraction of sp³-hybridized carbons (Fsp3) is 0.172. The molecule has 1 aliphatic rings. The van der Waals surface area contributed by atoms with Crippen molar-refractivity contribution >= 4 is 136 Å². The molecule has 0 saturated heterocycles. The van der Waals surface area contributed by atoms with Crippen LogP contribution in [0.3, 0.4) is 0 Å². The molecular weight excluding hydrogens is 816 g/mol. The summed E-state index contributed by atoms with van der Waals surface area (Å²) < 4.78 is 14.5. The quantitative estimate of drug-likeness (QED) is 0.179. The van der Waals surface area contributed by atoms with E-state index in [1.165, 1.54) is 107 Å². The molecule has 0 aliphatic carbocycles. The minimum Gasteiger partial charge on any atom is -0.456 e. The number of benzene rings is 8. The van der Waals surface area contributed by atoms with Gasteiger partial charge in [0.25, 0.3) is 0 Å². The number of anilines is 2. The van der Waals surface area contributed by atoms with Crippen molar-refractivity contribution in [3.05, 3.63) is 150 Å². The lowest BCUT2D eigenvalue weighted by molar-refractivity contribution is 0.590. The Labute approximate surface area is 381 Å². The van der Waals surface area contributed by atoms with Gasteiger partial charge in [0.2, 0.25) is 6.71 Å². The van der Waals surface area contributed by atoms with Crippen molar-refractivity contribution in [1.29, 1.82) is 0 Å². The number of aromatic nitrogens is 1. The van der Waals surface area contributed by atoms with Crippen LogP contribution in [0.15, 0.2) is 138 Å². The molecule has 0 fully saturated rings. The van der Waals surface area contributed by atoms with Gasteiger partial charge in [-0.1, -0.05) is 127 Å². The van der Waals surface area contributed by atoms with Crippen molar-refractivity contribution in [2.75, 3.05) is 5.32 Å². The van der Waals surface area contributed by atoms with Crippen LogP contribution in [-0.4, -0.2) is 11.3 Å². The van der Waals surface area contributed by atoms with Crippen LogP contribution in [0.1, 0.15) is 58.2 Å². The first-order valence-corrected chi connectivity index (χ1v) is 24.2. The van der Waals surface area contributed by atoms with Crippen molar-refractivity contribution in [3.63, 3.8) is 0 Å². The Hall–Kier alpha value is -6.34. The lowest BCUT2D eigenvalue weighted by Gasteiger charge is -2.28. The standard InChI is InChI=1S/C58H47BN2OS2/c1-31-23-42(38-25-40-37-22-19-33(58(5,6)7)24-51(37)64-52(40)28-45(38)60-34-20-17-32(18-21-34)57(2,3)4)55-56-54(31)43-26-39-35-13-9-11-15-48(35)62-49(39)29-46(43)61(56)47-30-53-41(27-44(47)59(55)8)36-14-10-12-16-50(36)63-53/h9-30,60H,1-8H3. The molecule has 0 radical (unpaired) electrons. The predicted molar refractivity (Wildman–Crippen MR) is 282 cm³/mol. The smallest absolute Gasteiger partial charge is 0.212 e. The highest BCUT2D eigenvalue weighted by Gasteiger charge is 2.34. The van der Waals surface area contributed by atoms with Crippen LogP contribution in [0.25, 0.3) is 101 Å². The molecule has 8 aromatic carbocycles. The Bertz CT molecular complexity index is 3980. The molecule has 0 unspecified atom stereocenters. The minimum atomic E-state index is 0.0679. The fourth-order valence-electron chi connectivity index (χ4n) is 10.9. The number of hydrogen-bond acceptors (Lipinski definition) is 4. The molecule has 1 N–H and O–H groups in total. The van der Waals surface area contributed by atoms with Gasteiger partial charge in [-0.15, -0.1) is 22.7 Å². The maximum atomic E-state index is 6.62. The van der Waals surface area contributed by atoms with Gasteiger partial charge in [-0.25, -0.2) is 0 Å². The first-order chi connectivity index (χ1) is 30.8. The second kappa shape index (κ2) is 13.1. The van der Waals surface area contributed by atoms with Crippen molar-refractivity contribution in [1.82, 2.24) is 4.57 Å². The third-order valence-corrected chi connectivity index (χ3v) is 16.5. The molecule has 0 bridgehead atoms. The van der Waals surface area contributed by atoms with Gasteiger partial charge in [-0.3, -0.25) is 0 Å². The van der Waals surface area contributed by atoms with Gasteiger partial charge in [-0.05, 0) is 105 Å². The molecule has 12 aromatic rings. The van der Waals surface area contributed by atoms with E-state index in [-0.39, 0.29) is 17.5 Å². The number of fused-ring (bicyclic) bond motifs is 14. The normalized spacial score (nSPS) is 13.3. The van der Waals surface area contributed by atoms with E-state index in [9.17, 15) is 0 Å². The average molecular weight is 863 g/mol. The van der Waals surface area contributed by atoms with Crippen molar-refractivity contribution < 1.29 is 4.42 Å². The van der Waals surface area contributed by atoms with Crippen LogP contribution < -0.4 is 16.2 Å². The number of thiophene rings is 2. The summed E-state index contributed by atoms with van der Waals surface area (Å²) in [5.74, 6) is 0. The Kier molecular flexibility index (Phi) is 7.82. The van der Waals surface area contributed by atoms with Crippen LogP contribution in [0, 0.1) is 6.92 Å². The van der Waals surface area contributed by atoms with Crippen LogP contribution in [0.2, 0.25) is 6.82 Å². The van der Waals surface area contributed by atoms with Gasteiger partial charge in [-0.2, -0.15) is 0 Å². The first kappa shape index (κ1) is 38.2. The second-order valence-electron chi connectivity index (χ2n) is 20.3. The van der Waals surface area contributed by atoms with E-state index < -0.39 is 0 Å². The maximum Gasteiger partial charge on any atom is 0.212 e. The molecule has 6 heteroatoms. The second-order valence-corrected chi connectivity index (χ2v) is 22.5. The molecule has 64 heavy (non-hydrogen) atoms. The highest BCUT2D eigenvalue weighted by Crippen LogP contribution is 2.47. The Morgan fingerprint density at radius 2 is 1.22 bits per heavy atom. The number of hydrogen-bond donors (Lipinski definition) is 1. The monoisotopic (exact) mass is 862 g/mol. The number of nitrogens with one attached hydrogen (secondary N) is 1. The van der Waals surface area contributed by atoms with E-state index in [0.29, 0.717) is 0 Å². The zero-order chi connectivity index (χ0) is 43.6. The molecule has 1 aliphatic heterocycles. The van der Waals surface area contributed by atoms with Gasteiger partial charge in [0, 0.05) is 90.7 Å². The summed E-state index contributed by atoms with van der Waals surface area (Å²) in [6.45, 7) is 18.6. The van der Waals surface area contributed by atoms with E-state index in [2.05, 4.69) is 199 Å². The van der Waals surface area contributed by atoms with Crippen molar-refractivity contribution in [2.45, 2.75) is 66.1 Å². The summed E-state index contributed by atoms with van der Waals surface area (Å²) in [6.07, 6.45) is 0. The van der Waals surface area contributed by atoms with E-state index in [1.807, 2.05) is 22.7 Å². The summed E-state index contributed by atoms with van der Waals surface area (Å²) in [5, 5.41) is 14.2. The molecular formula is C58H47BN2OS2. The first-order valence-electron chi connectivity index (χ1n) is 22.6. The number of furan rings is 1. The highest BCUT2D eigenvalue weighted by atomic mass is 32.1. The Morgan fingerprint density at radius 3 is 2.02 bits per heavy atom. The molecule has 5 heterocycles. The third kappa shape index (κ3) is 5.45. The number of nitrogens with zero attached hydrogens (tertiary/aromatic N) is 1. The Balaban J connectivity index is 1.14. The summed E-state index contributed by atoms with van der Waals surface area (Å²) in [7, 11) is 0. The van der Waals surface area contributed by atoms with E-state index in [0.717, 1.165) is 33.3 Å². The highest BCUT2D eigenvalue weighted by molar-refractivity contribution is 7.26. The molecule has 0 saturated carbocycles. The molecule has 0 amide bonds. The average Bonchev–Trinajstić information content (AvgIpc) is 4.02. The summed E-state index contributed by atoms with van der Waals surface area (Å²) in [5.41, 5.74) is 17.1. The van der Waals surface area contributed by atoms with Crippen LogP contribution >= 0.6 is 22.7 Å².